The van der Waals surface area contributed by atoms with Gasteiger partial charge >= 0.3 is 23.9 Å². The van der Waals surface area contributed by atoms with Crippen LogP contribution in [0.2, 0.25) is 0 Å². The van der Waals surface area contributed by atoms with Gasteiger partial charge in [-0.25, -0.2) is 0 Å². The van der Waals surface area contributed by atoms with Crippen LogP contribution in [0.25, 0.3) is 0 Å². The van der Waals surface area contributed by atoms with Gasteiger partial charge in [-0.15, -0.1) is 0 Å². The Kier molecular flexibility index (Phi) is 12.4. The summed E-state index contributed by atoms with van der Waals surface area (Å²) in [7, 11) is 0. The topological polar surface area (TPSA) is 176 Å². The fraction of sp³-hybridized carbons (Fsp3) is 0.643. The third-order valence-electron chi connectivity index (χ3n) is 3.25. The van der Waals surface area contributed by atoms with E-state index in [1.807, 2.05) is 0 Å². The van der Waals surface area contributed by atoms with Gasteiger partial charge in [-0.1, -0.05) is 0 Å². The number of halogens is 1. The SMILES string of the molecule is O=C(O)CN(CCN(CCN(CC(=O)O)CC(=O)O)CC(=O)I)CC(=O)O. The molecule has 0 unspecified atom stereocenters. The fourth-order valence-corrected chi connectivity index (χ4v) is 2.69. The molecule has 0 fully saturated rings. The average molecular weight is 503 g/mol. The molecule has 13 heteroatoms. The predicted molar refractivity (Wildman–Crippen MR) is 98.9 cm³/mol. The second-order valence-corrected chi connectivity index (χ2v) is 6.83. The monoisotopic (exact) mass is 503 g/mol. The molecule has 0 amide bonds. The zero-order valence-corrected chi connectivity index (χ0v) is 16.6. The van der Waals surface area contributed by atoms with Crippen molar-refractivity contribution in [3.63, 3.8) is 0 Å². The van der Waals surface area contributed by atoms with E-state index in [2.05, 4.69) is 0 Å². The highest BCUT2D eigenvalue weighted by Gasteiger charge is 2.18. The lowest BCUT2D eigenvalue weighted by atomic mass is 10.3. The molecule has 4 N–H and O–H groups in total. The summed E-state index contributed by atoms with van der Waals surface area (Å²) < 4.78 is -0.223. The normalized spacial score (nSPS) is 11.1. The summed E-state index contributed by atoms with van der Waals surface area (Å²) in [6.45, 7) is -1.54. The maximum atomic E-state index is 11.4. The quantitative estimate of drug-likeness (QED) is 0.137. The molecular formula is C14H22IN3O9. The van der Waals surface area contributed by atoms with Crippen molar-refractivity contribution in [2.75, 3.05) is 58.9 Å². The Balaban J connectivity index is 4.85. The van der Waals surface area contributed by atoms with Crippen molar-refractivity contribution in [2.24, 2.45) is 0 Å². The van der Waals surface area contributed by atoms with Crippen LogP contribution < -0.4 is 0 Å². The van der Waals surface area contributed by atoms with Gasteiger partial charge in [-0.3, -0.25) is 38.7 Å². The second kappa shape index (κ2) is 13.3. The molecule has 0 aliphatic heterocycles. The van der Waals surface area contributed by atoms with Crippen LogP contribution in [0.3, 0.4) is 0 Å². The summed E-state index contributed by atoms with van der Waals surface area (Å²) in [5.74, 6) is -4.77. The van der Waals surface area contributed by atoms with Gasteiger partial charge < -0.3 is 20.4 Å². The summed E-state index contributed by atoms with van der Waals surface area (Å²) in [6, 6.07) is 0. The Morgan fingerprint density at radius 1 is 0.519 bits per heavy atom. The van der Waals surface area contributed by atoms with Gasteiger partial charge in [-0.05, 0) is 0 Å². The molecule has 0 bridgehead atoms. The first-order valence-electron chi connectivity index (χ1n) is 7.72. The predicted octanol–water partition coefficient (Wildman–Crippen LogP) is -1.81. The molecule has 0 rings (SSSR count). The number of hydrogen-bond acceptors (Lipinski definition) is 8. The van der Waals surface area contributed by atoms with E-state index in [4.69, 9.17) is 20.4 Å². The van der Waals surface area contributed by atoms with Crippen LogP contribution >= 0.6 is 22.6 Å². The van der Waals surface area contributed by atoms with Gasteiger partial charge in [-0.2, -0.15) is 0 Å². The third kappa shape index (κ3) is 15.0. The number of aliphatic carboxylic acids is 4. The van der Waals surface area contributed by atoms with Crippen molar-refractivity contribution in [2.45, 2.75) is 0 Å². The highest BCUT2D eigenvalue weighted by atomic mass is 127. The number of nitrogens with zero attached hydrogens (tertiary/aromatic N) is 3. The fourth-order valence-electron chi connectivity index (χ4n) is 2.20. The van der Waals surface area contributed by atoms with Crippen LogP contribution in [0.5, 0.6) is 0 Å². The molecular weight excluding hydrogens is 481 g/mol. The molecule has 0 saturated carbocycles. The summed E-state index contributed by atoms with van der Waals surface area (Å²) in [4.78, 5) is 58.6. The van der Waals surface area contributed by atoms with E-state index in [-0.39, 0.29) is 36.5 Å². The minimum atomic E-state index is -1.19. The van der Waals surface area contributed by atoms with Crippen molar-refractivity contribution >= 4 is 50.3 Å². The molecule has 0 aromatic heterocycles. The lowest BCUT2D eigenvalue weighted by Gasteiger charge is -2.27. The summed E-state index contributed by atoms with van der Waals surface area (Å²) in [5.41, 5.74) is 0. The van der Waals surface area contributed by atoms with E-state index >= 15 is 0 Å². The molecule has 0 aromatic carbocycles. The molecule has 0 aliphatic carbocycles. The van der Waals surface area contributed by atoms with Gasteiger partial charge in [0.05, 0.1) is 32.7 Å². The van der Waals surface area contributed by atoms with Crippen LogP contribution in [-0.2, 0) is 24.0 Å². The number of carbonyl (C=O) groups is 5. The highest BCUT2D eigenvalue weighted by molar-refractivity contribution is 14.1. The maximum absolute atomic E-state index is 11.4. The van der Waals surface area contributed by atoms with E-state index in [0.29, 0.717) is 0 Å². The van der Waals surface area contributed by atoms with Crippen LogP contribution in [0.1, 0.15) is 0 Å². The minimum absolute atomic E-state index is 0.0253. The van der Waals surface area contributed by atoms with Crippen LogP contribution in [0, 0.1) is 0 Å². The van der Waals surface area contributed by atoms with Crippen molar-refractivity contribution in [3.8, 4) is 0 Å². The Morgan fingerprint density at radius 3 is 1.00 bits per heavy atom. The van der Waals surface area contributed by atoms with Crippen molar-refractivity contribution in [1.82, 2.24) is 14.7 Å². The lowest BCUT2D eigenvalue weighted by Crippen LogP contribution is -2.45. The zero-order chi connectivity index (χ0) is 21.0. The molecule has 27 heavy (non-hydrogen) atoms. The molecule has 0 atom stereocenters. The first-order valence-corrected chi connectivity index (χ1v) is 8.80. The standard InChI is InChI=1S/C14H22IN3O9/c15-10(19)5-16(1-3-17(6-11(20)21)7-12(22)23)2-4-18(8-13(24)25)9-14(26)27/h1-9H2,(H,20,21)(H,22,23)(H,24,25)(H,26,27). The number of carboxylic acids is 4. The van der Waals surface area contributed by atoms with E-state index < -0.39 is 50.1 Å². The summed E-state index contributed by atoms with van der Waals surface area (Å²) >= 11 is 1.57. The van der Waals surface area contributed by atoms with Crippen molar-refractivity contribution in [3.05, 3.63) is 0 Å². The summed E-state index contributed by atoms with van der Waals surface area (Å²) in [6.07, 6.45) is 0. The van der Waals surface area contributed by atoms with Gasteiger partial charge in [0.25, 0.3) is 0 Å². The Labute approximate surface area is 168 Å². The number of carbonyl (C=O) groups excluding carboxylic acids is 1. The van der Waals surface area contributed by atoms with E-state index in [1.165, 1.54) is 9.80 Å². The number of hydrogen-bond donors (Lipinski definition) is 4. The van der Waals surface area contributed by atoms with Crippen molar-refractivity contribution in [1.29, 1.82) is 0 Å². The zero-order valence-electron chi connectivity index (χ0n) is 14.4. The van der Waals surface area contributed by atoms with Gasteiger partial charge in [0, 0.05) is 48.8 Å². The van der Waals surface area contributed by atoms with Crippen LogP contribution in [-0.4, -0.2) is 122 Å². The largest absolute Gasteiger partial charge is 0.480 e. The van der Waals surface area contributed by atoms with E-state index in [9.17, 15) is 24.0 Å². The van der Waals surface area contributed by atoms with Crippen molar-refractivity contribution < 1.29 is 44.4 Å². The lowest BCUT2D eigenvalue weighted by molar-refractivity contribution is -0.143. The minimum Gasteiger partial charge on any atom is -0.480 e. The molecule has 0 heterocycles. The van der Waals surface area contributed by atoms with E-state index in [1.54, 1.807) is 27.5 Å². The van der Waals surface area contributed by atoms with Gasteiger partial charge in [0.1, 0.15) is 0 Å². The van der Waals surface area contributed by atoms with Crippen LogP contribution in [0.4, 0.5) is 0 Å². The molecule has 0 aliphatic rings. The molecule has 0 radical (unpaired) electrons. The molecule has 0 saturated heterocycles. The molecule has 0 spiro atoms. The first-order chi connectivity index (χ1) is 12.5. The van der Waals surface area contributed by atoms with Gasteiger partial charge in [0.2, 0.25) is 3.79 Å². The second-order valence-electron chi connectivity index (χ2n) is 5.63. The summed E-state index contributed by atoms with van der Waals surface area (Å²) in [5, 5.41) is 35.3. The number of rotatable bonds is 16. The average Bonchev–Trinajstić information content (AvgIpc) is 2.46. The third-order valence-corrected chi connectivity index (χ3v) is 3.59. The number of carboxylic acid groups (broad SMARTS) is 4. The van der Waals surface area contributed by atoms with Gasteiger partial charge in [0.15, 0.2) is 0 Å². The first kappa shape index (κ1) is 25.2. The van der Waals surface area contributed by atoms with E-state index in [0.717, 1.165) is 0 Å². The van der Waals surface area contributed by atoms with Crippen LogP contribution in [0.15, 0.2) is 0 Å². The maximum Gasteiger partial charge on any atom is 0.317 e. The Morgan fingerprint density at radius 2 is 0.778 bits per heavy atom. The molecule has 154 valence electrons. The highest BCUT2D eigenvalue weighted by Crippen LogP contribution is 1.99. The smallest absolute Gasteiger partial charge is 0.317 e. The Hall–Kier alpha value is -1.84. The molecule has 0 aromatic rings. The Bertz CT molecular complexity index is 486. The molecule has 12 nitrogen and oxygen atoms in total.